The van der Waals surface area contributed by atoms with Gasteiger partial charge < -0.3 is 20.2 Å². The summed E-state index contributed by atoms with van der Waals surface area (Å²) >= 11 is 0. The maximum absolute atomic E-state index is 12.6. The molecule has 4 heterocycles. The molecule has 0 spiro atoms. The first-order chi connectivity index (χ1) is 13.7. The molecule has 2 aliphatic heterocycles. The fourth-order valence-electron chi connectivity index (χ4n) is 4.36. The molecule has 3 aliphatic rings. The molecule has 5 rings (SSSR count). The highest BCUT2D eigenvalue weighted by Gasteiger charge is 2.46. The Morgan fingerprint density at radius 3 is 2.71 bits per heavy atom. The number of rotatable bonds is 6. The molecule has 2 aromatic heterocycles. The summed E-state index contributed by atoms with van der Waals surface area (Å²) in [5, 5.41) is 16.3. The van der Waals surface area contributed by atoms with E-state index < -0.39 is 0 Å². The number of aliphatic hydroxyl groups is 1. The summed E-state index contributed by atoms with van der Waals surface area (Å²) in [6, 6.07) is 2.53. The Kier molecular flexibility index (Phi) is 4.38. The van der Waals surface area contributed by atoms with E-state index in [9.17, 15) is 4.79 Å². The number of carbonyl (C=O) groups is 1. The lowest BCUT2D eigenvalue weighted by Gasteiger charge is -2.41. The number of hydrogen-bond donors (Lipinski definition) is 2. The van der Waals surface area contributed by atoms with Gasteiger partial charge in [-0.05, 0) is 31.7 Å². The summed E-state index contributed by atoms with van der Waals surface area (Å²) in [5.74, 6) is 2.06. The van der Waals surface area contributed by atoms with Gasteiger partial charge in [0.15, 0.2) is 0 Å². The normalized spacial score (nSPS) is 23.9. The first-order valence-electron chi connectivity index (χ1n) is 10.0. The maximum atomic E-state index is 12.6. The van der Waals surface area contributed by atoms with Crippen molar-refractivity contribution in [2.75, 3.05) is 29.9 Å². The van der Waals surface area contributed by atoms with Crippen LogP contribution in [0.4, 0.5) is 17.5 Å². The van der Waals surface area contributed by atoms with Crippen LogP contribution in [0.25, 0.3) is 0 Å². The summed E-state index contributed by atoms with van der Waals surface area (Å²) in [6.45, 7) is 2.17. The lowest BCUT2D eigenvalue weighted by Crippen LogP contribution is -2.56. The highest BCUT2D eigenvalue weighted by molar-refractivity contribution is 5.82. The predicted molar refractivity (Wildman–Crippen MR) is 103 cm³/mol. The Bertz CT molecular complexity index is 851. The second-order valence-electron chi connectivity index (χ2n) is 7.89. The van der Waals surface area contributed by atoms with Gasteiger partial charge in [-0.15, -0.1) is 0 Å². The Balaban J connectivity index is 1.28. The number of nitrogens with zero attached hydrogens (tertiary/aromatic N) is 6. The minimum absolute atomic E-state index is 0.0463. The van der Waals surface area contributed by atoms with E-state index in [1.165, 1.54) is 0 Å². The molecule has 28 heavy (non-hydrogen) atoms. The Morgan fingerprint density at radius 1 is 1.21 bits per heavy atom. The number of piperazine rings is 1. The second-order valence-corrected chi connectivity index (χ2v) is 7.89. The number of fused-ring (bicyclic) bond motifs is 2. The molecule has 9 nitrogen and oxygen atoms in total. The first-order valence-corrected chi connectivity index (χ1v) is 10.0. The van der Waals surface area contributed by atoms with Crippen molar-refractivity contribution in [2.24, 2.45) is 5.92 Å². The van der Waals surface area contributed by atoms with Crippen molar-refractivity contribution in [3.05, 3.63) is 24.7 Å². The summed E-state index contributed by atoms with van der Waals surface area (Å²) < 4.78 is 1.67. The van der Waals surface area contributed by atoms with Crippen molar-refractivity contribution in [1.82, 2.24) is 24.6 Å². The molecular formula is C19H25N7O2. The SMILES string of the molecule is O=C(C1CC1)N1C2CC[C@@H]1CN(c1ccnc(Nc3cnn(CCO)c3)n1)C2. The molecule has 0 aromatic carbocycles. The topological polar surface area (TPSA) is 99.4 Å². The molecular weight excluding hydrogens is 358 g/mol. The highest BCUT2D eigenvalue weighted by Crippen LogP contribution is 2.38. The molecule has 1 saturated carbocycles. The van der Waals surface area contributed by atoms with E-state index in [1.807, 2.05) is 12.3 Å². The molecule has 2 aromatic rings. The molecule has 3 fully saturated rings. The van der Waals surface area contributed by atoms with Crippen LogP contribution in [0.15, 0.2) is 24.7 Å². The van der Waals surface area contributed by atoms with Gasteiger partial charge in [-0.2, -0.15) is 10.1 Å². The molecule has 1 unspecified atom stereocenters. The minimum Gasteiger partial charge on any atom is -0.394 e. The van der Waals surface area contributed by atoms with Crippen LogP contribution in [0.5, 0.6) is 0 Å². The van der Waals surface area contributed by atoms with E-state index in [0.29, 0.717) is 30.5 Å². The van der Waals surface area contributed by atoms with Crippen LogP contribution < -0.4 is 10.2 Å². The minimum atomic E-state index is 0.0463. The Hall–Kier alpha value is -2.68. The number of hydrogen-bond acceptors (Lipinski definition) is 7. The average Bonchev–Trinajstić information content (AvgIpc) is 3.41. The van der Waals surface area contributed by atoms with Crippen LogP contribution in [-0.2, 0) is 11.3 Å². The zero-order valence-corrected chi connectivity index (χ0v) is 15.7. The van der Waals surface area contributed by atoms with Gasteiger partial charge in [0.2, 0.25) is 11.9 Å². The van der Waals surface area contributed by atoms with Gasteiger partial charge in [-0.25, -0.2) is 4.98 Å². The Labute approximate surface area is 163 Å². The lowest BCUT2D eigenvalue weighted by atomic mass is 10.1. The summed E-state index contributed by atoms with van der Waals surface area (Å²) in [6.07, 6.45) is 9.55. The lowest BCUT2D eigenvalue weighted by molar-refractivity contribution is -0.135. The molecule has 2 saturated heterocycles. The fraction of sp³-hybridized carbons (Fsp3) is 0.579. The third kappa shape index (κ3) is 3.30. The van der Waals surface area contributed by atoms with Crippen LogP contribution in [0.2, 0.25) is 0 Å². The van der Waals surface area contributed by atoms with Crippen molar-refractivity contribution < 1.29 is 9.90 Å². The number of amides is 1. The standard InChI is InChI=1S/C19H25N7O2/c27-8-7-25-10-14(9-21-25)22-19-20-6-5-17(23-19)24-11-15-3-4-16(12-24)26(15)18(28)13-1-2-13/h5-6,9-10,13,15-16,27H,1-4,7-8,11-12H2,(H,20,22,23)/t15-,16?/m1/s1. The smallest absolute Gasteiger partial charge is 0.229 e. The monoisotopic (exact) mass is 383 g/mol. The van der Waals surface area contributed by atoms with Crippen molar-refractivity contribution in [3.63, 3.8) is 0 Å². The summed E-state index contributed by atoms with van der Waals surface area (Å²) in [7, 11) is 0. The van der Waals surface area contributed by atoms with Crippen molar-refractivity contribution in [2.45, 2.75) is 44.3 Å². The molecule has 2 N–H and O–H groups in total. The maximum Gasteiger partial charge on any atom is 0.229 e. The predicted octanol–water partition coefficient (Wildman–Crippen LogP) is 0.999. The third-order valence-corrected chi connectivity index (χ3v) is 5.85. The fourth-order valence-corrected chi connectivity index (χ4v) is 4.36. The van der Waals surface area contributed by atoms with Crippen molar-refractivity contribution in [1.29, 1.82) is 0 Å². The number of nitrogens with one attached hydrogen (secondary N) is 1. The Morgan fingerprint density at radius 2 is 2.00 bits per heavy atom. The van der Waals surface area contributed by atoms with E-state index in [-0.39, 0.29) is 12.5 Å². The third-order valence-electron chi connectivity index (χ3n) is 5.85. The van der Waals surface area contributed by atoms with Gasteiger partial charge in [0, 0.05) is 43.5 Å². The average molecular weight is 383 g/mol. The van der Waals surface area contributed by atoms with Crippen molar-refractivity contribution in [3.8, 4) is 0 Å². The molecule has 1 aliphatic carbocycles. The van der Waals surface area contributed by atoms with Crippen LogP contribution in [-0.4, -0.2) is 67.4 Å². The largest absolute Gasteiger partial charge is 0.394 e. The molecule has 9 heteroatoms. The van der Waals surface area contributed by atoms with Gasteiger partial charge in [-0.1, -0.05) is 0 Å². The second kappa shape index (κ2) is 7.05. The highest BCUT2D eigenvalue weighted by atomic mass is 16.3. The van der Waals surface area contributed by atoms with E-state index >= 15 is 0 Å². The molecule has 0 radical (unpaired) electrons. The zero-order chi connectivity index (χ0) is 19.1. The van der Waals surface area contributed by atoms with Gasteiger partial charge in [0.1, 0.15) is 5.82 Å². The van der Waals surface area contributed by atoms with E-state index in [4.69, 9.17) is 5.11 Å². The molecule has 148 valence electrons. The van der Waals surface area contributed by atoms with Crippen LogP contribution in [0, 0.1) is 5.92 Å². The number of carbonyl (C=O) groups excluding carboxylic acids is 1. The quantitative estimate of drug-likeness (QED) is 0.768. The van der Waals surface area contributed by atoms with Crippen LogP contribution in [0.1, 0.15) is 25.7 Å². The van der Waals surface area contributed by atoms with Crippen LogP contribution >= 0.6 is 0 Å². The van der Waals surface area contributed by atoms with Gasteiger partial charge in [-0.3, -0.25) is 9.48 Å². The molecule has 2 atom stereocenters. The zero-order valence-electron chi connectivity index (χ0n) is 15.7. The van der Waals surface area contributed by atoms with E-state index in [2.05, 4.69) is 30.2 Å². The molecule has 2 bridgehead atoms. The van der Waals surface area contributed by atoms with Gasteiger partial charge in [0.25, 0.3) is 0 Å². The first kappa shape index (κ1) is 17.4. The van der Waals surface area contributed by atoms with E-state index in [0.717, 1.165) is 50.3 Å². The van der Waals surface area contributed by atoms with Crippen molar-refractivity contribution >= 4 is 23.4 Å². The van der Waals surface area contributed by atoms with E-state index in [1.54, 1.807) is 17.1 Å². The van der Waals surface area contributed by atoms with Gasteiger partial charge >= 0.3 is 0 Å². The summed E-state index contributed by atoms with van der Waals surface area (Å²) in [4.78, 5) is 26.1. The molecule has 1 amide bonds. The van der Waals surface area contributed by atoms with Crippen LogP contribution in [0.3, 0.4) is 0 Å². The number of aromatic nitrogens is 4. The number of aliphatic hydroxyl groups excluding tert-OH is 1. The van der Waals surface area contributed by atoms with Gasteiger partial charge in [0.05, 0.1) is 25.0 Å². The number of anilines is 3. The summed E-state index contributed by atoms with van der Waals surface area (Å²) in [5.41, 5.74) is 0.783.